The molecule has 9 rings (SSSR count). The van der Waals surface area contributed by atoms with Gasteiger partial charge in [0.25, 0.3) is 0 Å². The van der Waals surface area contributed by atoms with Gasteiger partial charge < -0.3 is 49.6 Å². The average Bonchev–Trinajstić information content (AvgIpc) is 3.61. The van der Waals surface area contributed by atoms with Crippen molar-refractivity contribution in [1.29, 1.82) is 0 Å². The summed E-state index contributed by atoms with van der Waals surface area (Å²) in [5.74, 6) is 1.95. The van der Waals surface area contributed by atoms with Crippen LogP contribution < -0.4 is 34.9 Å². The summed E-state index contributed by atoms with van der Waals surface area (Å²) in [6.07, 6.45) is 7.43. The van der Waals surface area contributed by atoms with Gasteiger partial charge in [0.1, 0.15) is 61.3 Å². The smallest absolute Gasteiger partial charge is 0.163 e. The van der Waals surface area contributed by atoms with Crippen LogP contribution in [0, 0.1) is 11.6 Å². The van der Waals surface area contributed by atoms with E-state index in [1.165, 1.54) is 70.7 Å². The predicted octanol–water partition coefficient (Wildman–Crippen LogP) is 8.33. The number of aliphatic hydroxyl groups excluding tert-OH is 1. The van der Waals surface area contributed by atoms with Gasteiger partial charge in [-0.05, 0) is 100 Å². The predicted molar refractivity (Wildman–Crippen MR) is 236 cm³/mol. The fourth-order valence-corrected chi connectivity index (χ4v) is 7.10. The zero-order chi connectivity index (χ0) is 43.4. The molecule has 0 bridgehead atoms. The third-order valence-electron chi connectivity index (χ3n) is 10.1. The van der Waals surface area contributed by atoms with Crippen LogP contribution in [0.4, 0.5) is 31.8 Å². The lowest BCUT2D eigenvalue weighted by atomic mass is 10.2. The van der Waals surface area contributed by atoms with Crippen molar-refractivity contribution in [2.75, 3.05) is 77.4 Å². The molecule has 3 aliphatic rings. The Morgan fingerprint density at radius 3 is 1.71 bits per heavy atom. The van der Waals surface area contributed by atoms with E-state index in [0.29, 0.717) is 86.2 Å². The van der Waals surface area contributed by atoms with Crippen LogP contribution in [0.1, 0.15) is 25.7 Å². The summed E-state index contributed by atoms with van der Waals surface area (Å²) >= 11 is 11.6. The van der Waals surface area contributed by atoms with Crippen LogP contribution >= 0.6 is 23.2 Å². The van der Waals surface area contributed by atoms with Crippen molar-refractivity contribution < 1.29 is 37.6 Å². The van der Waals surface area contributed by atoms with Crippen LogP contribution in [0.15, 0.2) is 73.3 Å². The molecule has 4 aromatic carbocycles. The van der Waals surface area contributed by atoms with Crippen molar-refractivity contribution in [2.24, 2.45) is 0 Å². The summed E-state index contributed by atoms with van der Waals surface area (Å²) in [5, 5.41) is 21.4. The number of ether oxygens (including phenoxy) is 5. The van der Waals surface area contributed by atoms with Gasteiger partial charge in [0.05, 0.1) is 43.2 Å². The molecule has 3 saturated heterocycles. The van der Waals surface area contributed by atoms with E-state index >= 15 is 0 Å². The molecule has 5 heterocycles. The highest BCUT2D eigenvalue weighted by Gasteiger charge is 2.24. The topological polar surface area (TPSA) is 161 Å². The molecule has 3 aliphatic heterocycles. The van der Waals surface area contributed by atoms with Gasteiger partial charge >= 0.3 is 0 Å². The molecule has 4 N–H and O–H groups in total. The quantitative estimate of drug-likeness (QED) is 0.0773. The van der Waals surface area contributed by atoms with Gasteiger partial charge in [-0.15, -0.1) is 0 Å². The van der Waals surface area contributed by atoms with Crippen molar-refractivity contribution in [2.45, 2.75) is 37.9 Å². The van der Waals surface area contributed by atoms with Crippen molar-refractivity contribution in [1.82, 2.24) is 30.2 Å². The number of nitrogens with zero attached hydrogens (tertiary/aromatic N) is 5. The second-order valence-electron chi connectivity index (χ2n) is 14.7. The SMILES string of the molecule is C1CCNC1.COc1cc2c(Nc3ccc(Cl)cc3F)ncnc2cc1OCC(O)CN1CCCC1.COc1cc2c(Nc3ccc(Cl)cc3F)ncnc2cc1OCC1CO1. The molecule has 0 aliphatic carbocycles. The zero-order valence-electron chi connectivity index (χ0n) is 34.3. The number of methoxy groups -OCH3 is 2. The number of nitrogens with one attached hydrogen (secondary N) is 3. The monoisotopic (exact) mass is 892 g/mol. The summed E-state index contributed by atoms with van der Waals surface area (Å²) in [7, 11) is 3.09. The van der Waals surface area contributed by atoms with Gasteiger partial charge in [-0.25, -0.2) is 28.7 Å². The van der Waals surface area contributed by atoms with E-state index in [4.69, 9.17) is 46.9 Å². The van der Waals surface area contributed by atoms with Crippen LogP contribution in [0.3, 0.4) is 0 Å². The van der Waals surface area contributed by atoms with Gasteiger partial charge in [0.15, 0.2) is 23.0 Å². The van der Waals surface area contributed by atoms with E-state index in [-0.39, 0.29) is 24.1 Å². The highest BCUT2D eigenvalue weighted by molar-refractivity contribution is 6.31. The van der Waals surface area contributed by atoms with Crippen LogP contribution in [-0.4, -0.2) is 109 Å². The van der Waals surface area contributed by atoms with Crippen molar-refractivity contribution in [3.63, 3.8) is 0 Å². The first-order chi connectivity index (χ1) is 30.2. The molecular formula is C44H48Cl2F2N8O6. The number of anilines is 4. The molecule has 3 fully saturated rings. The second-order valence-corrected chi connectivity index (χ2v) is 15.6. The average molecular weight is 894 g/mol. The van der Waals surface area contributed by atoms with Crippen molar-refractivity contribution >= 4 is 68.0 Å². The second kappa shape index (κ2) is 21.6. The molecule has 14 nitrogen and oxygen atoms in total. The number of aliphatic hydroxyl groups is 1. The normalized spacial score (nSPS) is 16.1. The Hall–Kier alpha value is -5.36. The molecule has 6 aromatic rings. The first kappa shape index (κ1) is 44.7. The molecule has 2 unspecified atom stereocenters. The lowest BCUT2D eigenvalue weighted by molar-refractivity contribution is 0.0747. The molecule has 62 heavy (non-hydrogen) atoms. The molecule has 18 heteroatoms. The Bertz CT molecular complexity index is 2430. The number of likely N-dealkylation sites (tertiary alicyclic amines) is 1. The van der Waals surface area contributed by atoms with Gasteiger partial charge in [0, 0.05) is 39.5 Å². The van der Waals surface area contributed by atoms with E-state index in [1.54, 1.807) is 55.6 Å². The summed E-state index contributed by atoms with van der Waals surface area (Å²) < 4.78 is 55.9. The maximum absolute atomic E-state index is 14.2. The molecule has 0 saturated carbocycles. The summed E-state index contributed by atoms with van der Waals surface area (Å²) in [6.45, 7) is 6.41. The maximum atomic E-state index is 14.2. The molecule has 2 atom stereocenters. The standard InChI is InChI=1S/C22H24ClFN4O3.C18H15ClFN3O3.C4H9N/c1-30-20-9-16-19(10-21(20)31-12-15(29)11-28-6-2-3-7-28)25-13-26-22(16)27-18-5-4-14(23)8-17(18)24;1-24-16-5-12-15(6-17(16)26-8-11-7-25-11)21-9-22-18(12)23-14-3-2-10(19)4-13(14)20;1-2-4-5-3-1/h4-5,8-10,13,15,29H,2-3,6-7,11-12H2,1H3,(H,25,26,27);2-6,9,11H,7-8H2,1H3,(H,21,22,23);5H,1-4H2. The van der Waals surface area contributed by atoms with Crippen LogP contribution in [0.2, 0.25) is 10.0 Å². The van der Waals surface area contributed by atoms with Gasteiger partial charge in [-0.2, -0.15) is 0 Å². The van der Waals surface area contributed by atoms with E-state index in [9.17, 15) is 13.9 Å². The van der Waals surface area contributed by atoms with Crippen molar-refractivity contribution in [3.05, 3.63) is 95.0 Å². The minimum Gasteiger partial charge on any atom is -0.493 e. The number of β-amino-alcohol motifs (C(OH)–C–C–N with tert-alkyl or cyclic N) is 1. The summed E-state index contributed by atoms with van der Waals surface area (Å²) in [6, 6.07) is 15.7. The first-order valence-corrected chi connectivity index (χ1v) is 21.0. The van der Waals surface area contributed by atoms with Crippen LogP contribution in [0.25, 0.3) is 21.8 Å². The number of hydrogen-bond acceptors (Lipinski definition) is 14. The zero-order valence-corrected chi connectivity index (χ0v) is 35.8. The third kappa shape index (κ3) is 12.2. The lowest BCUT2D eigenvalue weighted by Crippen LogP contribution is -2.33. The first-order valence-electron chi connectivity index (χ1n) is 20.3. The Morgan fingerprint density at radius 1 is 0.742 bits per heavy atom. The molecule has 2 aromatic heterocycles. The molecule has 0 radical (unpaired) electrons. The third-order valence-corrected chi connectivity index (χ3v) is 10.6. The molecule has 0 amide bonds. The van der Waals surface area contributed by atoms with Crippen LogP contribution in [-0.2, 0) is 4.74 Å². The minimum atomic E-state index is -0.603. The van der Waals surface area contributed by atoms with E-state index in [0.717, 1.165) is 13.1 Å². The number of benzene rings is 4. The summed E-state index contributed by atoms with van der Waals surface area (Å²) in [4.78, 5) is 19.2. The fraction of sp³-hybridized carbons (Fsp3) is 0.364. The number of fused-ring (bicyclic) bond motifs is 2. The maximum Gasteiger partial charge on any atom is 0.163 e. The summed E-state index contributed by atoms with van der Waals surface area (Å²) in [5.41, 5.74) is 1.74. The Balaban J connectivity index is 0.000000169. The lowest BCUT2D eigenvalue weighted by Gasteiger charge is -2.20. The number of rotatable bonds is 14. The van der Waals surface area contributed by atoms with E-state index < -0.39 is 17.7 Å². The Kier molecular flexibility index (Phi) is 15.6. The number of epoxide rings is 1. The Labute approximate surface area is 367 Å². The highest BCUT2D eigenvalue weighted by atomic mass is 35.5. The highest BCUT2D eigenvalue weighted by Crippen LogP contribution is 2.37. The number of hydrogen-bond donors (Lipinski definition) is 4. The molecule has 0 spiro atoms. The van der Waals surface area contributed by atoms with E-state index in [1.807, 2.05) is 0 Å². The number of aromatic nitrogens is 4. The minimum absolute atomic E-state index is 0.130. The van der Waals surface area contributed by atoms with Gasteiger partial charge in [-0.3, -0.25) is 0 Å². The molecule has 328 valence electrons. The Morgan fingerprint density at radius 2 is 1.26 bits per heavy atom. The van der Waals surface area contributed by atoms with Gasteiger partial charge in [-0.1, -0.05) is 23.2 Å². The number of halogens is 4. The fourth-order valence-electron chi connectivity index (χ4n) is 6.78. The molecular weight excluding hydrogens is 845 g/mol. The largest absolute Gasteiger partial charge is 0.493 e. The van der Waals surface area contributed by atoms with Crippen LogP contribution in [0.5, 0.6) is 23.0 Å². The van der Waals surface area contributed by atoms with Crippen molar-refractivity contribution in [3.8, 4) is 23.0 Å². The van der Waals surface area contributed by atoms with Gasteiger partial charge in [0.2, 0.25) is 0 Å². The van der Waals surface area contributed by atoms with E-state index in [2.05, 4.69) is 40.8 Å².